The van der Waals surface area contributed by atoms with Gasteiger partial charge in [-0.2, -0.15) is 0 Å². The highest BCUT2D eigenvalue weighted by molar-refractivity contribution is 7.80. The predicted molar refractivity (Wildman–Crippen MR) is 94.6 cm³/mol. The number of nitrogens with one attached hydrogen (secondary N) is 3. The maximum atomic E-state index is 12.1. The van der Waals surface area contributed by atoms with Gasteiger partial charge in [0, 0.05) is 11.6 Å². The van der Waals surface area contributed by atoms with Crippen LogP contribution in [0.3, 0.4) is 0 Å². The highest BCUT2D eigenvalue weighted by atomic mass is 32.1. The summed E-state index contributed by atoms with van der Waals surface area (Å²) in [6, 6.07) is 6.17. The number of rotatable bonds is 3. The third-order valence-corrected chi connectivity index (χ3v) is 4.46. The van der Waals surface area contributed by atoms with Crippen molar-refractivity contribution in [3.05, 3.63) is 29.3 Å². The summed E-state index contributed by atoms with van der Waals surface area (Å²) in [4.78, 5) is 12.1. The fourth-order valence-electron chi connectivity index (χ4n) is 2.93. The fourth-order valence-corrected chi connectivity index (χ4v) is 3.09. The van der Waals surface area contributed by atoms with Crippen LogP contribution in [0.4, 0.5) is 5.69 Å². The maximum Gasteiger partial charge on any atom is 0.241 e. The monoisotopic (exact) mass is 319 g/mol. The van der Waals surface area contributed by atoms with Gasteiger partial charge in [0.05, 0.1) is 0 Å². The lowest BCUT2D eigenvalue weighted by Crippen LogP contribution is -2.46. The zero-order chi connectivity index (χ0) is 15.9. The molecule has 1 aromatic carbocycles. The largest absolute Gasteiger partial charge is 0.331 e. The molecular weight excluding hydrogens is 294 g/mol. The molecule has 5 heteroatoms. The van der Waals surface area contributed by atoms with Crippen molar-refractivity contribution in [3.63, 3.8) is 0 Å². The van der Waals surface area contributed by atoms with E-state index in [0.29, 0.717) is 5.11 Å². The van der Waals surface area contributed by atoms with Gasteiger partial charge in [-0.1, -0.05) is 44.4 Å². The summed E-state index contributed by atoms with van der Waals surface area (Å²) in [5, 5.41) is 3.62. The van der Waals surface area contributed by atoms with Crippen molar-refractivity contribution >= 4 is 28.9 Å². The average Bonchev–Trinajstić information content (AvgIpc) is 2.55. The van der Waals surface area contributed by atoms with E-state index in [2.05, 4.69) is 29.2 Å². The highest BCUT2D eigenvalue weighted by Gasteiger charge is 2.20. The molecule has 0 saturated heterocycles. The standard InChI is InChI=1S/C17H25N3OS/c1-3-13-11-7-8-12(2)15(13)18-17(22)20-19-16(21)14-9-5-4-6-10-14/h7-8,11,14H,3-6,9-10H2,1-2H3,(H,19,21)(H2,18,20,22). The van der Waals surface area contributed by atoms with Crippen LogP contribution in [0, 0.1) is 12.8 Å². The lowest BCUT2D eigenvalue weighted by atomic mass is 9.89. The van der Waals surface area contributed by atoms with Gasteiger partial charge in [-0.3, -0.25) is 15.6 Å². The normalized spacial score (nSPS) is 15.2. The summed E-state index contributed by atoms with van der Waals surface area (Å²) in [6.45, 7) is 4.16. The Morgan fingerprint density at radius 3 is 2.64 bits per heavy atom. The van der Waals surface area contributed by atoms with Crippen molar-refractivity contribution in [2.75, 3.05) is 5.32 Å². The minimum absolute atomic E-state index is 0.0457. The zero-order valence-electron chi connectivity index (χ0n) is 13.4. The number of hydrogen-bond acceptors (Lipinski definition) is 2. The summed E-state index contributed by atoms with van der Waals surface area (Å²) in [7, 11) is 0. The van der Waals surface area contributed by atoms with Gasteiger partial charge in [-0.05, 0) is 49.5 Å². The molecule has 22 heavy (non-hydrogen) atoms. The number of para-hydroxylation sites is 1. The van der Waals surface area contributed by atoms with Crippen LogP contribution in [0.1, 0.15) is 50.2 Å². The average molecular weight is 319 g/mol. The number of amides is 1. The van der Waals surface area contributed by atoms with E-state index in [-0.39, 0.29) is 11.8 Å². The van der Waals surface area contributed by atoms with Crippen LogP contribution in [-0.4, -0.2) is 11.0 Å². The molecule has 120 valence electrons. The van der Waals surface area contributed by atoms with Gasteiger partial charge in [0.2, 0.25) is 5.91 Å². The Labute approximate surface area is 138 Å². The molecule has 0 bridgehead atoms. The van der Waals surface area contributed by atoms with Crippen molar-refractivity contribution in [1.82, 2.24) is 10.9 Å². The smallest absolute Gasteiger partial charge is 0.241 e. The molecule has 1 aliphatic carbocycles. The topological polar surface area (TPSA) is 53.2 Å². The maximum absolute atomic E-state index is 12.1. The Morgan fingerprint density at radius 2 is 1.95 bits per heavy atom. The summed E-state index contributed by atoms with van der Waals surface area (Å²) in [5.74, 6) is 0.165. The molecule has 1 saturated carbocycles. The number of thiocarbonyl (C=S) groups is 1. The van der Waals surface area contributed by atoms with Gasteiger partial charge in [0.1, 0.15) is 0 Å². The molecular formula is C17H25N3OS. The number of anilines is 1. The molecule has 1 amide bonds. The van der Waals surface area contributed by atoms with Gasteiger partial charge in [-0.25, -0.2) is 0 Å². The summed E-state index contributed by atoms with van der Waals surface area (Å²) >= 11 is 5.29. The first-order valence-electron chi connectivity index (χ1n) is 8.07. The van der Waals surface area contributed by atoms with Crippen molar-refractivity contribution in [1.29, 1.82) is 0 Å². The molecule has 2 rings (SSSR count). The molecule has 0 spiro atoms. The molecule has 0 radical (unpaired) electrons. The third-order valence-electron chi connectivity index (χ3n) is 4.25. The Kier molecular flexibility index (Phi) is 6.19. The van der Waals surface area contributed by atoms with Crippen LogP contribution in [0.15, 0.2) is 18.2 Å². The number of hydrogen-bond donors (Lipinski definition) is 3. The minimum Gasteiger partial charge on any atom is -0.331 e. The van der Waals surface area contributed by atoms with E-state index in [1.165, 1.54) is 12.0 Å². The molecule has 4 nitrogen and oxygen atoms in total. The zero-order valence-corrected chi connectivity index (χ0v) is 14.2. The van der Waals surface area contributed by atoms with E-state index >= 15 is 0 Å². The van der Waals surface area contributed by atoms with Crippen LogP contribution >= 0.6 is 12.2 Å². The minimum atomic E-state index is 0.0457. The molecule has 0 atom stereocenters. The number of carbonyl (C=O) groups is 1. The van der Waals surface area contributed by atoms with Crippen LogP contribution in [0.25, 0.3) is 0 Å². The second-order valence-electron chi connectivity index (χ2n) is 5.87. The van der Waals surface area contributed by atoms with Crippen molar-refractivity contribution in [3.8, 4) is 0 Å². The van der Waals surface area contributed by atoms with E-state index in [1.807, 2.05) is 19.1 Å². The van der Waals surface area contributed by atoms with E-state index in [4.69, 9.17) is 12.2 Å². The van der Waals surface area contributed by atoms with E-state index in [9.17, 15) is 4.79 Å². The first kappa shape index (κ1) is 16.7. The van der Waals surface area contributed by atoms with Gasteiger partial charge < -0.3 is 5.32 Å². The third kappa shape index (κ3) is 4.44. The molecule has 1 fully saturated rings. The molecule has 1 aliphatic rings. The second kappa shape index (κ2) is 8.13. The fraction of sp³-hybridized carbons (Fsp3) is 0.529. The Morgan fingerprint density at radius 1 is 1.23 bits per heavy atom. The van der Waals surface area contributed by atoms with E-state index in [1.54, 1.807) is 0 Å². The quantitative estimate of drug-likeness (QED) is 0.590. The van der Waals surface area contributed by atoms with Gasteiger partial charge in [-0.15, -0.1) is 0 Å². The second-order valence-corrected chi connectivity index (χ2v) is 6.27. The van der Waals surface area contributed by atoms with Gasteiger partial charge in [0.25, 0.3) is 0 Å². The van der Waals surface area contributed by atoms with Crippen molar-refractivity contribution in [2.24, 2.45) is 5.92 Å². The van der Waals surface area contributed by atoms with Crippen LogP contribution in [-0.2, 0) is 11.2 Å². The molecule has 0 aromatic heterocycles. The van der Waals surface area contributed by atoms with Gasteiger partial charge >= 0.3 is 0 Å². The highest BCUT2D eigenvalue weighted by Crippen LogP contribution is 2.23. The number of benzene rings is 1. The molecule has 3 N–H and O–H groups in total. The lowest BCUT2D eigenvalue weighted by Gasteiger charge is -2.22. The molecule has 1 aromatic rings. The number of carbonyl (C=O) groups excluding carboxylic acids is 1. The Hall–Kier alpha value is -1.62. The van der Waals surface area contributed by atoms with Crippen molar-refractivity contribution < 1.29 is 4.79 Å². The van der Waals surface area contributed by atoms with Crippen LogP contribution in [0.5, 0.6) is 0 Å². The van der Waals surface area contributed by atoms with Gasteiger partial charge in [0.15, 0.2) is 5.11 Å². The van der Waals surface area contributed by atoms with E-state index < -0.39 is 0 Å². The Balaban J connectivity index is 1.87. The predicted octanol–water partition coefficient (Wildman–Crippen LogP) is 3.46. The van der Waals surface area contributed by atoms with Crippen molar-refractivity contribution in [2.45, 2.75) is 52.4 Å². The SMILES string of the molecule is CCc1cccc(C)c1NC(=S)NNC(=O)C1CCCCC1. The molecule has 0 heterocycles. The first-order chi connectivity index (χ1) is 10.6. The summed E-state index contributed by atoms with van der Waals surface area (Å²) in [6.07, 6.45) is 6.41. The number of aryl methyl sites for hydroxylation is 2. The Bertz CT molecular complexity index is 539. The van der Waals surface area contributed by atoms with Crippen LogP contribution < -0.4 is 16.2 Å². The summed E-state index contributed by atoms with van der Waals surface area (Å²) < 4.78 is 0. The molecule has 0 unspecified atom stereocenters. The first-order valence-corrected chi connectivity index (χ1v) is 8.48. The van der Waals surface area contributed by atoms with Crippen LogP contribution in [0.2, 0.25) is 0 Å². The molecule has 0 aliphatic heterocycles. The number of hydrazine groups is 1. The van der Waals surface area contributed by atoms with E-state index in [0.717, 1.165) is 43.4 Å². The summed E-state index contributed by atoms with van der Waals surface area (Å²) in [5.41, 5.74) is 8.94. The lowest BCUT2D eigenvalue weighted by molar-refractivity contribution is -0.126.